The van der Waals surface area contributed by atoms with Crippen molar-refractivity contribution in [2.75, 3.05) is 20.3 Å². The van der Waals surface area contributed by atoms with Crippen molar-refractivity contribution in [3.8, 4) is 28.6 Å². The molecule has 0 radical (unpaired) electrons. The van der Waals surface area contributed by atoms with Crippen LogP contribution < -0.4 is 19.8 Å². The Morgan fingerprint density at radius 2 is 1.71 bits per heavy atom. The number of methoxy groups -OCH3 is 1. The van der Waals surface area contributed by atoms with Gasteiger partial charge in [0.15, 0.2) is 17.3 Å². The van der Waals surface area contributed by atoms with Gasteiger partial charge < -0.3 is 14.2 Å². The Morgan fingerprint density at radius 3 is 2.37 bits per heavy atom. The molecule has 3 aromatic carbocycles. The van der Waals surface area contributed by atoms with Crippen LogP contribution in [-0.2, 0) is 0 Å². The van der Waals surface area contributed by atoms with E-state index >= 15 is 0 Å². The van der Waals surface area contributed by atoms with Crippen molar-refractivity contribution in [1.82, 2.24) is 9.66 Å². The van der Waals surface area contributed by atoms with Crippen molar-refractivity contribution in [3.05, 3.63) is 80.0 Å². The molecule has 0 aliphatic rings. The Kier molecular flexibility index (Phi) is 8.52. The number of para-hydroxylation sites is 1. The van der Waals surface area contributed by atoms with E-state index in [1.807, 2.05) is 63.2 Å². The van der Waals surface area contributed by atoms with Crippen LogP contribution >= 0.6 is 15.9 Å². The van der Waals surface area contributed by atoms with Gasteiger partial charge in [-0.05, 0) is 90.1 Å². The minimum atomic E-state index is -0.254. The quantitative estimate of drug-likeness (QED) is 0.201. The van der Waals surface area contributed by atoms with Crippen molar-refractivity contribution < 1.29 is 14.2 Å². The molecule has 0 aliphatic carbocycles. The molecule has 0 unspecified atom stereocenters. The van der Waals surface area contributed by atoms with Gasteiger partial charge in [0.1, 0.15) is 5.75 Å². The van der Waals surface area contributed by atoms with Crippen molar-refractivity contribution in [3.63, 3.8) is 0 Å². The Labute approximate surface area is 231 Å². The molecule has 8 heteroatoms. The van der Waals surface area contributed by atoms with Gasteiger partial charge in [-0.3, -0.25) is 4.79 Å². The van der Waals surface area contributed by atoms with E-state index in [0.29, 0.717) is 41.4 Å². The number of halogens is 1. The average Bonchev–Trinajstić information content (AvgIpc) is 2.90. The van der Waals surface area contributed by atoms with Gasteiger partial charge in [-0.25, -0.2) is 4.98 Å². The molecule has 0 atom stereocenters. The van der Waals surface area contributed by atoms with Gasteiger partial charge in [-0.2, -0.15) is 9.78 Å². The maximum Gasteiger partial charge on any atom is 0.282 e. The molecular weight excluding hydrogens is 546 g/mol. The number of benzene rings is 3. The van der Waals surface area contributed by atoms with Gasteiger partial charge >= 0.3 is 0 Å². The number of fused-ring (bicyclic) bond motifs is 1. The van der Waals surface area contributed by atoms with Crippen molar-refractivity contribution >= 4 is 33.0 Å². The van der Waals surface area contributed by atoms with Gasteiger partial charge in [0, 0.05) is 15.6 Å². The second kappa shape index (κ2) is 11.8. The minimum Gasteiger partial charge on any atom is -0.496 e. The van der Waals surface area contributed by atoms with Crippen LogP contribution in [0.2, 0.25) is 0 Å². The van der Waals surface area contributed by atoms with Gasteiger partial charge in [0.05, 0.1) is 37.4 Å². The molecule has 38 heavy (non-hydrogen) atoms. The van der Waals surface area contributed by atoms with Crippen LogP contribution in [-0.4, -0.2) is 36.2 Å². The summed E-state index contributed by atoms with van der Waals surface area (Å²) in [6.45, 7) is 11.0. The Morgan fingerprint density at radius 1 is 1.03 bits per heavy atom. The molecular formula is C30H32BrN3O4. The molecule has 0 N–H and O–H groups in total. The highest BCUT2D eigenvalue weighted by molar-refractivity contribution is 9.10. The van der Waals surface area contributed by atoms with E-state index in [1.165, 1.54) is 4.68 Å². The fraction of sp³-hybridized carbons (Fsp3) is 0.300. The predicted molar refractivity (Wildman–Crippen MR) is 156 cm³/mol. The molecule has 0 bridgehead atoms. The molecule has 7 nitrogen and oxygen atoms in total. The topological polar surface area (TPSA) is 74.9 Å². The summed E-state index contributed by atoms with van der Waals surface area (Å²) in [4.78, 5) is 18.6. The number of aryl methyl sites for hydroxylation is 1. The Hall–Kier alpha value is -3.65. The zero-order valence-electron chi connectivity index (χ0n) is 22.5. The Bertz CT molecular complexity index is 1560. The third kappa shape index (κ3) is 5.45. The average molecular weight is 579 g/mol. The zero-order chi connectivity index (χ0) is 27.4. The molecule has 0 fully saturated rings. The predicted octanol–water partition coefficient (Wildman–Crippen LogP) is 6.95. The summed E-state index contributed by atoms with van der Waals surface area (Å²) >= 11 is 3.61. The highest BCUT2D eigenvalue weighted by Crippen LogP contribution is 2.35. The number of hydrogen-bond donors (Lipinski definition) is 0. The van der Waals surface area contributed by atoms with Crippen molar-refractivity contribution in [2.24, 2.45) is 5.10 Å². The van der Waals surface area contributed by atoms with E-state index in [0.717, 1.165) is 32.5 Å². The van der Waals surface area contributed by atoms with E-state index in [-0.39, 0.29) is 11.5 Å². The van der Waals surface area contributed by atoms with Crippen LogP contribution in [0.4, 0.5) is 0 Å². The maximum atomic E-state index is 13.7. The van der Waals surface area contributed by atoms with E-state index in [2.05, 4.69) is 34.9 Å². The number of hydrogen-bond acceptors (Lipinski definition) is 6. The lowest BCUT2D eigenvalue weighted by molar-refractivity contribution is 0.287. The normalized spacial score (nSPS) is 11.5. The summed E-state index contributed by atoms with van der Waals surface area (Å²) in [5.41, 5.74) is 3.86. The van der Waals surface area contributed by atoms with Crippen LogP contribution in [0.5, 0.6) is 17.2 Å². The summed E-state index contributed by atoms with van der Waals surface area (Å²) in [6.07, 6.45) is 1.63. The Balaban J connectivity index is 1.95. The maximum absolute atomic E-state index is 13.7. The summed E-state index contributed by atoms with van der Waals surface area (Å²) in [6, 6.07) is 15.0. The molecule has 0 aliphatic heterocycles. The number of nitrogens with zero attached hydrogens (tertiary/aromatic N) is 3. The molecule has 0 amide bonds. The molecule has 0 spiro atoms. The van der Waals surface area contributed by atoms with E-state index < -0.39 is 0 Å². The van der Waals surface area contributed by atoms with Gasteiger partial charge in [-0.15, -0.1) is 0 Å². The lowest BCUT2D eigenvalue weighted by atomic mass is 9.96. The highest BCUT2D eigenvalue weighted by Gasteiger charge is 2.18. The summed E-state index contributed by atoms with van der Waals surface area (Å²) in [5, 5.41) is 5.15. The molecule has 198 valence electrons. The third-order valence-corrected chi connectivity index (χ3v) is 6.86. The second-order valence-electron chi connectivity index (χ2n) is 9.06. The summed E-state index contributed by atoms with van der Waals surface area (Å²) in [5.74, 6) is 2.72. The molecule has 0 saturated heterocycles. The standard InChI is InChI=1S/C30H32BrN3O4/c1-7-37-27-14-20(24(31)16-28(27)38-8-2)17-32-34-29(33-25-12-10-9-11-21(25)30(34)35)23-15-22(18(3)4)26(36-6)13-19(23)5/h9-18H,7-8H2,1-6H3. The largest absolute Gasteiger partial charge is 0.496 e. The molecule has 1 aromatic heterocycles. The zero-order valence-corrected chi connectivity index (χ0v) is 24.1. The smallest absolute Gasteiger partial charge is 0.282 e. The highest BCUT2D eigenvalue weighted by atomic mass is 79.9. The first-order chi connectivity index (χ1) is 18.3. The number of ether oxygens (including phenoxy) is 3. The first kappa shape index (κ1) is 27.4. The number of aromatic nitrogens is 2. The van der Waals surface area contributed by atoms with Crippen LogP contribution in [0.3, 0.4) is 0 Å². The summed E-state index contributed by atoms with van der Waals surface area (Å²) in [7, 11) is 1.67. The molecule has 4 aromatic rings. The minimum absolute atomic E-state index is 0.213. The fourth-order valence-corrected chi connectivity index (χ4v) is 4.70. The van der Waals surface area contributed by atoms with Crippen LogP contribution in [0.15, 0.2) is 62.9 Å². The van der Waals surface area contributed by atoms with Crippen molar-refractivity contribution in [2.45, 2.75) is 40.5 Å². The van der Waals surface area contributed by atoms with Crippen molar-refractivity contribution in [1.29, 1.82) is 0 Å². The van der Waals surface area contributed by atoms with Crippen LogP contribution in [0, 0.1) is 6.92 Å². The van der Waals surface area contributed by atoms with E-state index in [4.69, 9.17) is 19.2 Å². The SMILES string of the molecule is CCOc1cc(Br)c(C=Nn2c(-c3cc(C(C)C)c(OC)cc3C)nc3ccccc3c2=O)cc1OCC. The lowest BCUT2D eigenvalue weighted by Crippen LogP contribution is -2.21. The monoisotopic (exact) mass is 577 g/mol. The van der Waals surface area contributed by atoms with Gasteiger partial charge in [-0.1, -0.05) is 26.0 Å². The second-order valence-corrected chi connectivity index (χ2v) is 9.92. The summed E-state index contributed by atoms with van der Waals surface area (Å²) < 4.78 is 19.3. The fourth-order valence-electron chi connectivity index (χ4n) is 4.28. The first-order valence-corrected chi connectivity index (χ1v) is 13.4. The lowest BCUT2D eigenvalue weighted by Gasteiger charge is -2.17. The number of rotatable bonds is 9. The van der Waals surface area contributed by atoms with E-state index in [1.54, 1.807) is 19.4 Å². The first-order valence-electron chi connectivity index (χ1n) is 12.6. The van der Waals surface area contributed by atoms with E-state index in [9.17, 15) is 4.79 Å². The molecule has 0 saturated carbocycles. The third-order valence-electron chi connectivity index (χ3n) is 6.17. The van der Waals surface area contributed by atoms with Crippen LogP contribution in [0.1, 0.15) is 50.3 Å². The van der Waals surface area contributed by atoms with Crippen LogP contribution in [0.25, 0.3) is 22.3 Å². The van der Waals surface area contributed by atoms with Gasteiger partial charge in [0.25, 0.3) is 5.56 Å². The molecule has 1 heterocycles. The molecule has 4 rings (SSSR count). The van der Waals surface area contributed by atoms with Gasteiger partial charge in [0.2, 0.25) is 0 Å².